The summed E-state index contributed by atoms with van der Waals surface area (Å²) in [6.45, 7) is 1.52. The SMILES string of the molecule is C.CC(=O)c1ccc(-c2ccccc2)cc1N. The van der Waals surface area contributed by atoms with Gasteiger partial charge in [0.2, 0.25) is 0 Å². The summed E-state index contributed by atoms with van der Waals surface area (Å²) >= 11 is 0. The van der Waals surface area contributed by atoms with Gasteiger partial charge in [-0.3, -0.25) is 4.79 Å². The average Bonchev–Trinajstić information content (AvgIpc) is 2.29. The van der Waals surface area contributed by atoms with Gasteiger partial charge in [0.1, 0.15) is 0 Å². The number of nitrogen functional groups attached to an aromatic ring is 1. The number of nitrogens with two attached hydrogens (primary N) is 1. The van der Waals surface area contributed by atoms with E-state index < -0.39 is 0 Å². The molecule has 17 heavy (non-hydrogen) atoms. The van der Waals surface area contributed by atoms with Crippen molar-refractivity contribution in [2.75, 3.05) is 5.73 Å². The van der Waals surface area contributed by atoms with E-state index in [1.165, 1.54) is 6.92 Å². The third-order valence-electron chi connectivity index (χ3n) is 2.54. The second-order valence-electron chi connectivity index (χ2n) is 3.72. The molecule has 0 spiro atoms. The Hall–Kier alpha value is -2.09. The molecule has 0 aromatic heterocycles. The van der Waals surface area contributed by atoms with Gasteiger partial charge in [-0.15, -0.1) is 0 Å². The van der Waals surface area contributed by atoms with Crippen LogP contribution in [-0.2, 0) is 0 Å². The number of ketones is 1. The van der Waals surface area contributed by atoms with Crippen molar-refractivity contribution in [3.05, 3.63) is 54.1 Å². The molecule has 2 nitrogen and oxygen atoms in total. The first kappa shape index (κ1) is 13.0. The van der Waals surface area contributed by atoms with Crippen LogP contribution in [0.1, 0.15) is 24.7 Å². The van der Waals surface area contributed by atoms with Gasteiger partial charge >= 0.3 is 0 Å². The van der Waals surface area contributed by atoms with E-state index in [9.17, 15) is 4.79 Å². The van der Waals surface area contributed by atoms with Crippen LogP contribution >= 0.6 is 0 Å². The van der Waals surface area contributed by atoms with E-state index in [2.05, 4.69) is 0 Å². The Labute approximate surface area is 102 Å². The molecule has 0 saturated heterocycles. The number of benzene rings is 2. The van der Waals surface area contributed by atoms with Gasteiger partial charge in [0.25, 0.3) is 0 Å². The highest BCUT2D eigenvalue weighted by atomic mass is 16.1. The lowest BCUT2D eigenvalue weighted by molar-refractivity contribution is 0.101. The summed E-state index contributed by atoms with van der Waals surface area (Å²) in [4.78, 5) is 11.2. The zero-order valence-electron chi connectivity index (χ0n) is 9.10. The first-order chi connectivity index (χ1) is 7.68. The van der Waals surface area contributed by atoms with E-state index in [1.54, 1.807) is 6.07 Å². The third-order valence-corrected chi connectivity index (χ3v) is 2.54. The first-order valence-electron chi connectivity index (χ1n) is 5.14. The minimum absolute atomic E-state index is 0. The number of carbonyl (C=O) groups is 1. The highest BCUT2D eigenvalue weighted by molar-refractivity contribution is 5.99. The summed E-state index contributed by atoms with van der Waals surface area (Å²) in [5.74, 6) is -0.00267. The molecule has 0 heterocycles. The molecule has 0 aliphatic rings. The quantitative estimate of drug-likeness (QED) is 0.626. The molecule has 0 saturated carbocycles. The minimum Gasteiger partial charge on any atom is -0.398 e. The Balaban J connectivity index is 0.00000144. The zero-order chi connectivity index (χ0) is 11.5. The van der Waals surface area contributed by atoms with Crippen LogP contribution in [0.4, 0.5) is 5.69 Å². The van der Waals surface area contributed by atoms with Crippen LogP contribution in [0.15, 0.2) is 48.5 Å². The Bertz CT molecular complexity index is 518. The molecule has 0 unspecified atom stereocenters. The van der Waals surface area contributed by atoms with E-state index >= 15 is 0 Å². The van der Waals surface area contributed by atoms with Gasteiger partial charge in [0.15, 0.2) is 5.78 Å². The van der Waals surface area contributed by atoms with Gasteiger partial charge in [-0.25, -0.2) is 0 Å². The highest BCUT2D eigenvalue weighted by Gasteiger charge is 2.05. The first-order valence-corrected chi connectivity index (χ1v) is 5.14. The van der Waals surface area contributed by atoms with Crippen molar-refractivity contribution in [1.29, 1.82) is 0 Å². The van der Waals surface area contributed by atoms with E-state index in [1.807, 2.05) is 42.5 Å². The highest BCUT2D eigenvalue weighted by Crippen LogP contribution is 2.23. The molecule has 0 bridgehead atoms. The smallest absolute Gasteiger partial charge is 0.161 e. The van der Waals surface area contributed by atoms with E-state index in [4.69, 9.17) is 5.73 Å². The van der Waals surface area contributed by atoms with Gasteiger partial charge in [-0.05, 0) is 30.2 Å². The predicted octanol–water partition coefficient (Wildman–Crippen LogP) is 3.77. The topological polar surface area (TPSA) is 43.1 Å². The second kappa shape index (κ2) is 5.30. The van der Waals surface area contributed by atoms with Crippen LogP contribution in [0.5, 0.6) is 0 Å². The lowest BCUT2D eigenvalue weighted by Gasteiger charge is -2.06. The maximum absolute atomic E-state index is 11.2. The van der Waals surface area contributed by atoms with Gasteiger partial charge < -0.3 is 5.73 Å². The average molecular weight is 227 g/mol. The number of Topliss-reactive ketones (excluding diaryl/α,β-unsaturated/α-hetero) is 1. The van der Waals surface area contributed by atoms with Crippen molar-refractivity contribution in [2.24, 2.45) is 0 Å². The van der Waals surface area contributed by atoms with Crippen molar-refractivity contribution in [1.82, 2.24) is 0 Å². The Morgan fingerprint density at radius 3 is 2.18 bits per heavy atom. The second-order valence-corrected chi connectivity index (χ2v) is 3.72. The largest absolute Gasteiger partial charge is 0.398 e. The molecular weight excluding hydrogens is 210 g/mol. The lowest BCUT2D eigenvalue weighted by Crippen LogP contribution is -1.99. The number of hydrogen-bond donors (Lipinski definition) is 1. The van der Waals surface area contributed by atoms with Crippen LogP contribution < -0.4 is 5.73 Å². The number of rotatable bonds is 2. The molecule has 0 amide bonds. The Morgan fingerprint density at radius 1 is 1.00 bits per heavy atom. The molecule has 88 valence electrons. The maximum Gasteiger partial charge on any atom is 0.161 e. The predicted molar refractivity (Wildman–Crippen MR) is 73.0 cm³/mol. The van der Waals surface area contributed by atoms with Crippen LogP contribution in [0.3, 0.4) is 0 Å². The van der Waals surface area contributed by atoms with Crippen molar-refractivity contribution >= 4 is 11.5 Å². The number of anilines is 1. The van der Waals surface area contributed by atoms with Gasteiger partial charge in [0, 0.05) is 11.3 Å². The van der Waals surface area contributed by atoms with Crippen LogP contribution in [0.2, 0.25) is 0 Å². The molecule has 0 aliphatic heterocycles. The minimum atomic E-state index is -0.00267. The van der Waals surface area contributed by atoms with Crippen molar-refractivity contribution in [3.8, 4) is 11.1 Å². The molecule has 2 aromatic rings. The van der Waals surface area contributed by atoms with Crippen LogP contribution in [0.25, 0.3) is 11.1 Å². The summed E-state index contributed by atoms with van der Waals surface area (Å²) in [6, 6.07) is 15.5. The summed E-state index contributed by atoms with van der Waals surface area (Å²) in [5, 5.41) is 0. The van der Waals surface area contributed by atoms with Crippen molar-refractivity contribution < 1.29 is 4.79 Å². The fourth-order valence-corrected chi connectivity index (χ4v) is 1.69. The maximum atomic E-state index is 11.2. The van der Waals surface area contributed by atoms with E-state index in [0.717, 1.165) is 11.1 Å². The molecule has 2 rings (SSSR count). The Morgan fingerprint density at radius 2 is 1.65 bits per heavy atom. The van der Waals surface area contributed by atoms with Crippen LogP contribution in [0, 0.1) is 0 Å². The van der Waals surface area contributed by atoms with Gasteiger partial charge in [0.05, 0.1) is 0 Å². The van der Waals surface area contributed by atoms with Crippen molar-refractivity contribution in [2.45, 2.75) is 14.4 Å². The fraction of sp³-hybridized carbons (Fsp3) is 0.133. The third kappa shape index (κ3) is 2.72. The van der Waals surface area contributed by atoms with Crippen LogP contribution in [-0.4, -0.2) is 5.78 Å². The molecular formula is C15H17NO. The summed E-state index contributed by atoms with van der Waals surface area (Å²) in [7, 11) is 0. The standard InChI is InChI=1S/C14H13NO.CH4/c1-10(16)13-8-7-12(9-14(13)15)11-5-3-2-4-6-11;/h2-9H,15H2,1H3;1H4. The molecule has 0 atom stereocenters. The number of carbonyl (C=O) groups excluding carboxylic acids is 1. The molecule has 0 fully saturated rings. The molecule has 2 N–H and O–H groups in total. The molecule has 0 aliphatic carbocycles. The van der Waals surface area contributed by atoms with E-state index in [-0.39, 0.29) is 13.2 Å². The fourth-order valence-electron chi connectivity index (χ4n) is 1.69. The zero-order valence-corrected chi connectivity index (χ0v) is 9.10. The van der Waals surface area contributed by atoms with E-state index in [0.29, 0.717) is 11.3 Å². The molecule has 2 heteroatoms. The number of hydrogen-bond acceptors (Lipinski definition) is 2. The summed E-state index contributed by atoms with van der Waals surface area (Å²) in [5.41, 5.74) is 9.09. The lowest BCUT2D eigenvalue weighted by atomic mass is 10.0. The van der Waals surface area contributed by atoms with Crippen molar-refractivity contribution in [3.63, 3.8) is 0 Å². The molecule has 0 radical (unpaired) electrons. The van der Waals surface area contributed by atoms with Gasteiger partial charge in [-0.2, -0.15) is 0 Å². The summed E-state index contributed by atoms with van der Waals surface area (Å²) < 4.78 is 0. The summed E-state index contributed by atoms with van der Waals surface area (Å²) in [6.07, 6.45) is 0. The Kier molecular flexibility index (Phi) is 4.05. The molecule has 2 aromatic carbocycles. The monoisotopic (exact) mass is 227 g/mol. The van der Waals surface area contributed by atoms with Gasteiger partial charge in [-0.1, -0.05) is 43.8 Å². The normalized spacial score (nSPS) is 9.47.